The molecule has 4 rings (SSSR count). The molecule has 4 N–H and O–H groups in total. The van der Waals surface area contributed by atoms with Crippen molar-refractivity contribution in [1.82, 2.24) is 9.97 Å². The summed E-state index contributed by atoms with van der Waals surface area (Å²) in [5.74, 6) is 0.261. The van der Waals surface area contributed by atoms with E-state index in [-0.39, 0.29) is 18.5 Å². The fraction of sp³-hybridized carbons (Fsp3) is 0.105. The van der Waals surface area contributed by atoms with E-state index in [2.05, 4.69) is 25.3 Å². The summed E-state index contributed by atoms with van der Waals surface area (Å²) < 4.78 is 0. The van der Waals surface area contributed by atoms with Crippen molar-refractivity contribution in [1.29, 1.82) is 0 Å². The van der Waals surface area contributed by atoms with Gasteiger partial charge in [0.25, 0.3) is 0 Å². The van der Waals surface area contributed by atoms with Crippen LogP contribution >= 0.6 is 0 Å². The molecular weight excluding hydrogens is 330 g/mol. The van der Waals surface area contributed by atoms with Crippen LogP contribution in [-0.2, 0) is 0 Å². The predicted molar refractivity (Wildman–Crippen MR) is 99.1 cm³/mol. The molecule has 1 atom stereocenters. The van der Waals surface area contributed by atoms with E-state index in [0.717, 1.165) is 21.8 Å². The molecular formula is C19H17N5O2. The van der Waals surface area contributed by atoms with Gasteiger partial charge in [0.1, 0.15) is 12.0 Å². The van der Waals surface area contributed by atoms with Crippen LogP contribution < -0.4 is 15.9 Å². The van der Waals surface area contributed by atoms with Gasteiger partial charge in [-0.05, 0) is 29.0 Å². The molecule has 3 aromatic rings. The molecule has 0 spiro atoms. The number of anilines is 1. The van der Waals surface area contributed by atoms with Gasteiger partial charge in [0.05, 0.1) is 23.7 Å². The van der Waals surface area contributed by atoms with Gasteiger partial charge in [0.15, 0.2) is 0 Å². The lowest BCUT2D eigenvalue weighted by molar-refractivity contribution is 0.276. The first kappa shape index (κ1) is 16.0. The standard InChI is InChI=1S/C19H17N5O2/c25-10-17(13-4-2-1-3-5-13)23-19-22-16(18(26)24-19)9-12-6-7-14-15(8-12)21-11-20-14/h1-9,11,17,25-26H,10H2,(H2,22,23,24). The molecule has 7 nitrogen and oxygen atoms in total. The van der Waals surface area contributed by atoms with Crippen molar-refractivity contribution in [2.45, 2.75) is 6.04 Å². The zero-order valence-electron chi connectivity index (χ0n) is 13.8. The van der Waals surface area contributed by atoms with E-state index in [1.54, 1.807) is 6.08 Å². The second-order valence-electron chi connectivity index (χ2n) is 5.88. The van der Waals surface area contributed by atoms with Gasteiger partial charge >= 0.3 is 0 Å². The third kappa shape index (κ3) is 3.20. The maximum Gasteiger partial charge on any atom is 0.238 e. The highest BCUT2D eigenvalue weighted by atomic mass is 16.3. The van der Waals surface area contributed by atoms with Crippen LogP contribution in [0.25, 0.3) is 6.08 Å². The summed E-state index contributed by atoms with van der Waals surface area (Å²) in [4.78, 5) is 15.4. The summed E-state index contributed by atoms with van der Waals surface area (Å²) in [5.41, 5.74) is 2.19. The van der Waals surface area contributed by atoms with Crippen LogP contribution in [-0.4, -0.2) is 33.1 Å². The third-order valence-electron chi connectivity index (χ3n) is 4.11. The van der Waals surface area contributed by atoms with Crippen molar-refractivity contribution < 1.29 is 10.2 Å². The van der Waals surface area contributed by atoms with Gasteiger partial charge in [0, 0.05) is 0 Å². The van der Waals surface area contributed by atoms with Gasteiger partial charge in [-0.2, -0.15) is 4.98 Å². The average Bonchev–Trinajstić information content (AvgIpc) is 3.26. The average molecular weight is 347 g/mol. The number of aromatic nitrogens is 2. The molecule has 7 heteroatoms. The van der Waals surface area contributed by atoms with Gasteiger partial charge in [-0.1, -0.05) is 36.4 Å². The number of hydrogen-bond donors (Lipinski definition) is 4. The van der Waals surface area contributed by atoms with Crippen molar-refractivity contribution in [3.8, 4) is 5.88 Å². The summed E-state index contributed by atoms with van der Waals surface area (Å²) in [6.45, 7) is -0.100. The van der Waals surface area contributed by atoms with E-state index in [1.807, 2.05) is 48.5 Å². The van der Waals surface area contributed by atoms with Gasteiger partial charge in [0.2, 0.25) is 11.8 Å². The number of aliphatic hydroxyl groups excluding tert-OH is 1. The molecule has 0 fully saturated rings. The van der Waals surface area contributed by atoms with Crippen molar-refractivity contribution in [2.75, 3.05) is 11.9 Å². The fourth-order valence-corrected chi connectivity index (χ4v) is 2.79. The number of rotatable bonds is 5. The fourth-order valence-electron chi connectivity index (χ4n) is 2.79. The molecule has 0 bridgehead atoms. The lowest BCUT2D eigenvalue weighted by atomic mass is 10.1. The number of hydrogen-bond acceptors (Lipinski definition) is 6. The summed E-state index contributed by atoms with van der Waals surface area (Å²) in [7, 11) is 0. The highest BCUT2D eigenvalue weighted by Crippen LogP contribution is 2.22. The Hall–Kier alpha value is -3.45. The van der Waals surface area contributed by atoms with Crippen molar-refractivity contribution in [2.24, 2.45) is 9.98 Å². The summed E-state index contributed by atoms with van der Waals surface area (Å²) >= 11 is 0. The van der Waals surface area contributed by atoms with Crippen LogP contribution in [0.5, 0.6) is 5.88 Å². The van der Waals surface area contributed by atoms with Crippen LogP contribution in [0.1, 0.15) is 17.3 Å². The Morgan fingerprint density at radius 2 is 2.00 bits per heavy atom. The number of fused-ring (bicyclic) bond motifs is 1. The molecule has 1 aliphatic heterocycles. The minimum Gasteiger partial charge on any atom is -0.492 e. The molecule has 130 valence electrons. The van der Waals surface area contributed by atoms with Gasteiger partial charge < -0.3 is 20.5 Å². The molecule has 0 radical (unpaired) electrons. The van der Waals surface area contributed by atoms with Crippen molar-refractivity contribution in [3.63, 3.8) is 0 Å². The molecule has 2 heterocycles. The largest absolute Gasteiger partial charge is 0.492 e. The Labute approximate surface area is 149 Å². The maximum atomic E-state index is 10.1. The van der Waals surface area contributed by atoms with E-state index in [0.29, 0.717) is 11.6 Å². The number of aromatic hydroxyl groups is 1. The van der Waals surface area contributed by atoms with E-state index in [9.17, 15) is 10.2 Å². The van der Waals surface area contributed by atoms with E-state index >= 15 is 0 Å². The molecule has 1 unspecified atom stereocenters. The molecule has 26 heavy (non-hydrogen) atoms. The summed E-state index contributed by atoms with van der Waals surface area (Å²) in [5, 5.41) is 24.6. The number of aliphatic hydroxyl groups is 1. The number of aromatic amines is 1. The van der Waals surface area contributed by atoms with Crippen LogP contribution in [0.3, 0.4) is 0 Å². The number of nitrogens with one attached hydrogen (secondary N) is 2. The zero-order chi connectivity index (χ0) is 17.9. The Kier molecular flexibility index (Phi) is 4.20. The first-order chi connectivity index (χ1) is 12.7. The highest BCUT2D eigenvalue weighted by molar-refractivity contribution is 5.67. The highest BCUT2D eigenvalue weighted by Gasteiger charge is 2.13. The first-order valence-electron chi connectivity index (χ1n) is 8.16. The number of H-pyrrole nitrogens is 1. The quantitative estimate of drug-likeness (QED) is 0.559. The summed E-state index contributed by atoms with van der Waals surface area (Å²) in [6.07, 6.45) is 3.29. The second-order valence-corrected chi connectivity index (χ2v) is 5.88. The van der Waals surface area contributed by atoms with Gasteiger partial charge in [-0.15, -0.1) is 0 Å². The Bertz CT molecular complexity index is 1070. The minimum atomic E-state index is -0.328. The molecule has 1 aliphatic rings. The van der Waals surface area contributed by atoms with Crippen LogP contribution in [0.4, 0.5) is 11.6 Å². The Morgan fingerprint density at radius 3 is 2.81 bits per heavy atom. The normalized spacial score (nSPS) is 14.1. The van der Waals surface area contributed by atoms with Crippen molar-refractivity contribution in [3.05, 3.63) is 70.4 Å². The van der Waals surface area contributed by atoms with E-state index in [4.69, 9.17) is 0 Å². The van der Waals surface area contributed by atoms with Crippen molar-refractivity contribution >= 4 is 24.1 Å². The molecule has 0 amide bonds. The van der Waals surface area contributed by atoms with Crippen LogP contribution in [0.15, 0.2) is 58.5 Å². The lowest BCUT2D eigenvalue weighted by Gasteiger charge is -2.15. The van der Waals surface area contributed by atoms with E-state index in [1.165, 1.54) is 6.34 Å². The number of benzene rings is 2. The van der Waals surface area contributed by atoms with Gasteiger partial charge in [-0.3, -0.25) is 0 Å². The Balaban J connectivity index is 1.61. The molecule has 0 aliphatic carbocycles. The molecule has 2 aromatic carbocycles. The van der Waals surface area contributed by atoms with E-state index < -0.39 is 0 Å². The topological polar surface area (TPSA) is 106 Å². The SMILES string of the molecule is OCC(Nc1nc(O)c(C=c2ccc3c(c2)N=CN=3)[nH]1)c1ccccc1. The van der Waals surface area contributed by atoms with Gasteiger partial charge in [-0.25, -0.2) is 9.98 Å². The molecule has 1 aromatic heterocycles. The molecule has 0 saturated carbocycles. The monoisotopic (exact) mass is 347 g/mol. The maximum absolute atomic E-state index is 10.1. The Morgan fingerprint density at radius 1 is 1.15 bits per heavy atom. The predicted octanol–water partition coefficient (Wildman–Crippen LogP) is 1.38. The minimum absolute atomic E-state index is 0.100. The third-order valence-corrected chi connectivity index (χ3v) is 4.11. The number of imidazole rings is 1. The molecule has 0 saturated heterocycles. The van der Waals surface area contributed by atoms with Crippen LogP contribution in [0, 0.1) is 0 Å². The lowest BCUT2D eigenvalue weighted by Crippen LogP contribution is -2.15. The van der Waals surface area contributed by atoms with Crippen LogP contribution in [0.2, 0.25) is 0 Å². The summed E-state index contributed by atoms with van der Waals surface area (Å²) in [6, 6.07) is 14.9. The number of aliphatic imine (C=N–C) groups is 1. The zero-order valence-corrected chi connectivity index (χ0v) is 13.8. The first-order valence-corrected chi connectivity index (χ1v) is 8.16. The second kappa shape index (κ2) is 6.81. The number of nitrogens with zero attached hydrogens (tertiary/aromatic N) is 3. The smallest absolute Gasteiger partial charge is 0.238 e.